The molecule has 0 saturated heterocycles. The lowest BCUT2D eigenvalue weighted by Crippen LogP contribution is -2.49. The zero-order valence-corrected chi connectivity index (χ0v) is 10.5. The molecule has 3 nitrogen and oxygen atoms in total. The van der Waals surface area contributed by atoms with Crippen molar-refractivity contribution in [2.75, 3.05) is 0 Å². The SMILES string of the molecule is O=C(O)c1cc[nH]c1C12CC3CC(CC(C3)C1)C2. The second-order valence-electron chi connectivity index (χ2n) is 6.77. The summed E-state index contributed by atoms with van der Waals surface area (Å²) < 4.78 is 0. The van der Waals surface area contributed by atoms with Crippen molar-refractivity contribution in [3.63, 3.8) is 0 Å². The van der Waals surface area contributed by atoms with Crippen LogP contribution in [0.15, 0.2) is 12.3 Å². The van der Waals surface area contributed by atoms with Crippen LogP contribution in [0, 0.1) is 17.8 Å². The molecule has 1 aromatic heterocycles. The number of carbonyl (C=O) groups is 1. The molecular formula is C15H19NO2. The Hall–Kier alpha value is -1.25. The van der Waals surface area contributed by atoms with Crippen molar-refractivity contribution in [1.29, 1.82) is 0 Å². The van der Waals surface area contributed by atoms with Gasteiger partial charge in [0.2, 0.25) is 0 Å². The largest absolute Gasteiger partial charge is 0.478 e. The van der Waals surface area contributed by atoms with Crippen molar-refractivity contribution in [3.8, 4) is 0 Å². The lowest BCUT2D eigenvalue weighted by atomic mass is 9.48. The van der Waals surface area contributed by atoms with Crippen LogP contribution in [0.3, 0.4) is 0 Å². The number of carboxylic acids is 1. The predicted molar refractivity (Wildman–Crippen MR) is 67.6 cm³/mol. The third kappa shape index (κ3) is 1.33. The molecule has 0 unspecified atom stereocenters. The third-order valence-electron chi connectivity index (χ3n) is 5.55. The molecule has 0 amide bonds. The topological polar surface area (TPSA) is 53.1 Å². The fourth-order valence-electron chi connectivity index (χ4n) is 5.40. The molecule has 0 spiro atoms. The first-order valence-corrected chi connectivity index (χ1v) is 7.07. The summed E-state index contributed by atoms with van der Waals surface area (Å²) in [4.78, 5) is 14.6. The highest BCUT2D eigenvalue weighted by Gasteiger charge is 2.53. The number of aromatic amines is 1. The van der Waals surface area contributed by atoms with E-state index in [1.54, 1.807) is 12.3 Å². The molecule has 18 heavy (non-hydrogen) atoms. The molecule has 0 radical (unpaired) electrons. The Kier molecular flexibility index (Phi) is 2.01. The van der Waals surface area contributed by atoms with Crippen molar-refractivity contribution < 1.29 is 9.90 Å². The number of carboxylic acid groups (broad SMARTS) is 1. The van der Waals surface area contributed by atoms with Gasteiger partial charge in [-0.3, -0.25) is 0 Å². The fraction of sp³-hybridized carbons (Fsp3) is 0.667. The minimum atomic E-state index is -0.776. The molecule has 2 N–H and O–H groups in total. The van der Waals surface area contributed by atoms with Gasteiger partial charge in [-0.2, -0.15) is 0 Å². The molecule has 1 heterocycles. The van der Waals surface area contributed by atoms with E-state index in [1.807, 2.05) is 0 Å². The average molecular weight is 245 g/mol. The molecular weight excluding hydrogens is 226 g/mol. The highest BCUT2D eigenvalue weighted by Crippen LogP contribution is 2.60. The standard InChI is InChI=1S/C15H19NO2/c17-14(18)12-1-2-16-13(12)15-6-9-3-10(7-15)5-11(4-9)8-15/h1-2,9-11,16H,3-8H2,(H,17,18). The Morgan fingerprint density at radius 3 is 2.22 bits per heavy atom. The van der Waals surface area contributed by atoms with Gasteiger partial charge in [0.15, 0.2) is 0 Å². The summed E-state index contributed by atoms with van der Waals surface area (Å²) in [6, 6.07) is 1.73. The van der Waals surface area contributed by atoms with Gasteiger partial charge in [0, 0.05) is 17.3 Å². The van der Waals surface area contributed by atoms with Crippen LogP contribution in [-0.4, -0.2) is 16.1 Å². The molecule has 4 aliphatic carbocycles. The predicted octanol–water partition coefficient (Wildman–Crippen LogP) is 3.18. The number of nitrogens with one attached hydrogen (secondary N) is 1. The normalized spacial score (nSPS) is 41.2. The Bertz CT molecular complexity index is 467. The van der Waals surface area contributed by atoms with E-state index in [-0.39, 0.29) is 5.41 Å². The quantitative estimate of drug-likeness (QED) is 0.840. The van der Waals surface area contributed by atoms with Gasteiger partial charge < -0.3 is 10.1 Å². The molecule has 5 rings (SSSR count). The molecule has 1 aromatic rings. The summed E-state index contributed by atoms with van der Waals surface area (Å²) in [7, 11) is 0. The Morgan fingerprint density at radius 1 is 1.17 bits per heavy atom. The van der Waals surface area contributed by atoms with Gasteiger partial charge in [-0.25, -0.2) is 4.79 Å². The minimum absolute atomic E-state index is 0.159. The first-order chi connectivity index (χ1) is 8.66. The van der Waals surface area contributed by atoms with Crippen LogP contribution in [0.1, 0.15) is 54.6 Å². The second-order valence-corrected chi connectivity index (χ2v) is 6.77. The van der Waals surface area contributed by atoms with E-state index in [4.69, 9.17) is 0 Å². The van der Waals surface area contributed by atoms with Gasteiger partial charge in [-0.1, -0.05) is 0 Å². The number of hydrogen-bond donors (Lipinski definition) is 2. The van der Waals surface area contributed by atoms with Gasteiger partial charge in [-0.15, -0.1) is 0 Å². The molecule has 0 aliphatic heterocycles. The van der Waals surface area contributed by atoms with Gasteiger partial charge >= 0.3 is 5.97 Å². The van der Waals surface area contributed by atoms with E-state index in [0.717, 1.165) is 23.4 Å². The summed E-state index contributed by atoms with van der Waals surface area (Å²) in [5.74, 6) is 1.77. The molecule has 0 aromatic carbocycles. The first kappa shape index (κ1) is 10.7. The summed E-state index contributed by atoms with van der Waals surface area (Å²) in [5, 5.41) is 9.34. The molecule has 0 atom stereocenters. The molecule has 96 valence electrons. The van der Waals surface area contributed by atoms with E-state index in [1.165, 1.54) is 38.5 Å². The number of aromatic nitrogens is 1. The van der Waals surface area contributed by atoms with Gasteiger partial charge in [0.25, 0.3) is 0 Å². The minimum Gasteiger partial charge on any atom is -0.478 e. The van der Waals surface area contributed by atoms with Crippen molar-refractivity contribution in [1.82, 2.24) is 4.98 Å². The number of hydrogen-bond acceptors (Lipinski definition) is 1. The van der Waals surface area contributed by atoms with E-state index < -0.39 is 5.97 Å². The van der Waals surface area contributed by atoms with Crippen LogP contribution in [0.4, 0.5) is 0 Å². The maximum atomic E-state index is 11.4. The third-order valence-corrected chi connectivity index (χ3v) is 5.55. The van der Waals surface area contributed by atoms with E-state index >= 15 is 0 Å². The monoisotopic (exact) mass is 245 g/mol. The zero-order valence-electron chi connectivity index (χ0n) is 10.5. The lowest BCUT2D eigenvalue weighted by Gasteiger charge is -2.56. The summed E-state index contributed by atoms with van der Waals surface area (Å²) >= 11 is 0. The number of aromatic carboxylic acids is 1. The maximum Gasteiger partial charge on any atom is 0.337 e. The molecule has 3 heteroatoms. The van der Waals surface area contributed by atoms with Crippen LogP contribution >= 0.6 is 0 Å². The van der Waals surface area contributed by atoms with Crippen LogP contribution in [0.5, 0.6) is 0 Å². The number of rotatable bonds is 2. The zero-order chi connectivity index (χ0) is 12.3. The fourth-order valence-corrected chi connectivity index (χ4v) is 5.40. The van der Waals surface area contributed by atoms with Gasteiger partial charge in [-0.05, 0) is 62.3 Å². The maximum absolute atomic E-state index is 11.4. The van der Waals surface area contributed by atoms with E-state index in [2.05, 4.69) is 4.98 Å². The van der Waals surface area contributed by atoms with Crippen LogP contribution in [-0.2, 0) is 5.41 Å². The van der Waals surface area contributed by atoms with Crippen molar-refractivity contribution in [2.45, 2.75) is 43.9 Å². The molecule has 4 saturated carbocycles. The summed E-state index contributed by atoms with van der Waals surface area (Å²) in [5.41, 5.74) is 1.69. The first-order valence-electron chi connectivity index (χ1n) is 7.07. The Morgan fingerprint density at radius 2 is 1.72 bits per heavy atom. The van der Waals surface area contributed by atoms with Crippen molar-refractivity contribution in [2.24, 2.45) is 17.8 Å². The Balaban J connectivity index is 1.79. The molecule has 4 bridgehead atoms. The lowest BCUT2D eigenvalue weighted by molar-refractivity contribution is -0.00759. The van der Waals surface area contributed by atoms with Crippen LogP contribution in [0.25, 0.3) is 0 Å². The molecule has 4 fully saturated rings. The second kappa shape index (κ2) is 3.40. The van der Waals surface area contributed by atoms with E-state index in [0.29, 0.717) is 5.56 Å². The van der Waals surface area contributed by atoms with Crippen LogP contribution < -0.4 is 0 Å². The smallest absolute Gasteiger partial charge is 0.337 e. The number of H-pyrrole nitrogens is 1. The average Bonchev–Trinajstić information content (AvgIpc) is 2.76. The van der Waals surface area contributed by atoms with Crippen LogP contribution in [0.2, 0.25) is 0 Å². The van der Waals surface area contributed by atoms with Gasteiger partial charge in [0.1, 0.15) is 0 Å². The summed E-state index contributed by atoms with van der Waals surface area (Å²) in [6.45, 7) is 0. The highest BCUT2D eigenvalue weighted by molar-refractivity contribution is 5.89. The summed E-state index contributed by atoms with van der Waals surface area (Å²) in [6.07, 6.45) is 9.60. The van der Waals surface area contributed by atoms with Gasteiger partial charge in [0.05, 0.1) is 5.56 Å². The van der Waals surface area contributed by atoms with Crippen molar-refractivity contribution >= 4 is 5.97 Å². The van der Waals surface area contributed by atoms with Crippen molar-refractivity contribution in [3.05, 3.63) is 23.5 Å². The Labute approximate surface area is 107 Å². The highest BCUT2D eigenvalue weighted by atomic mass is 16.4. The van der Waals surface area contributed by atoms with E-state index in [9.17, 15) is 9.90 Å². The molecule has 4 aliphatic rings.